The summed E-state index contributed by atoms with van der Waals surface area (Å²) in [6.45, 7) is 2.28. The van der Waals surface area contributed by atoms with Crippen molar-refractivity contribution < 1.29 is 31.5 Å². The second kappa shape index (κ2) is 9.69. The van der Waals surface area contributed by atoms with E-state index in [1.807, 2.05) is 6.92 Å². The lowest BCUT2D eigenvalue weighted by Gasteiger charge is -2.43. The molecule has 2 aromatic carbocycles. The zero-order valence-electron chi connectivity index (χ0n) is 20.2. The molecule has 1 heterocycles. The standard InChI is InChI=1S/C26H25ClF3N3O4S/c1-14-7-16-9-18(12-19(14)26(16,35)13-33-6-2-5-31-33)38(36,37)23-8-15(3-4-20(23)27)25(34)32-17-10-21(28)24(30)22(29)11-17/h2-6,8,10-11,14,16,18-19,35H,7,9,12-13H2,1H3,(H,32,34)/t14-,16?,18?,19?,26+/m0/s1. The molecule has 3 unspecified atom stereocenters. The van der Waals surface area contributed by atoms with E-state index in [2.05, 4.69) is 10.4 Å². The number of nitrogens with one attached hydrogen (secondary N) is 1. The van der Waals surface area contributed by atoms with Crippen molar-refractivity contribution in [1.29, 1.82) is 0 Å². The Morgan fingerprint density at radius 3 is 2.53 bits per heavy atom. The lowest BCUT2D eigenvalue weighted by atomic mass is 9.73. The lowest BCUT2D eigenvalue weighted by Crippen LogP contribution is -2.51. The smallest absolute Gasteiger partial charge is 0.255 e. The highest BCUT2D eigenvalue weighted by Crippen LogP contribution is 2.55. The molecule has 2 aliphatic carbocycles. The maximum atomic E-state index is 13.8. The Hall–Kier alpha value is -2.89. The van der Waals surface area contributed by atoms with Crippen LogP contribution in [0.15, 0.2) is 53.7 Å². The van der Waals surface area contributed by atoms with Gasteiger partial charge in [0.25, 0.3) is 5.91 Å². The van der Waals surface area contributed by atoms with Crippen LogP contribution in [0.3, 0.4) is 0 Å². The number of anilines is 1. The van der Waals surface area contributed by atoms with Gasteiger partial charge in [-0.25, -0.2) is 21.6 Å². The number of hydrogen-bond donors (Lipinski definition) is 2. The van der Waals surface area contributed by atoms with E-state index in [9.17, 15) is 31.5 Å². The molecule has 0 spiro atoms. The molecule has 12 heteroatoms. The third kappa shape index (κ3) is 4.60. The number of halogens is 4. The number of sulfone groups is 1. The average molecular weight is 568 g/mol. The summed E-state index contributed by atoms with van der Waals surface area (Å²) in [6.07, 6.45) is 4.50. The molecule has 2 saturated carbocycles. The van der Waals surface area contributed by atoms with Crippen LogP contribution in [0.4, 0.5) is 18.9 Å². The first-order chi connectivity index (χ1) is 17.9. The van der Waals surface area contributed by atoms with Crippen molar-refractivity contribution >= 4 is 33.0 Å². The van der Waals surface area contributed by atoms with Crippen LogP contribution in [0, 0.1) is 35.2 Å². The summed E-state index contributed by atoms with van der Waals surface area (Å²) in [4.78, 5) is 12.5. The Morgan fingerprint density at radius 1 is 1.18 bits per heavy atom. The Kier molecular flexibility index (Phi) is 6.81. The number of aromatic nitrogens is 2. The highest BCUT2D eigenvalue weighted by atomic mass is 35.5. The molecule has 202 valence electrons. The molecule has 3 aromatic rings. The van der Waals surface area contributed by atoms with Crippen LogP contribution < -0.4 is 5.32 Å². The van der Waals surface area contributed by atoms with Gasteiger partial charge < -0.3 is 10.4 Å². The van der Waals surface area contributed by atoms with Gasteiger partial charge >= 0.3 is 0 Å². The maximum Gasteiger partial charge on any atom is 0.255 e. The topological polar surface area (TPSA) is 101 Å². The van der Waals surface area contributed by atoms with Crippen LogP contribution in [0.2, 0.25) is 5.02 Å². The number of amides is 1. The minimum Gasteiger partial charge on any atom is -0.387 e. The first kappa shape index (κ1) is 26.7. The molecular weight excluding hydrogens is 543 g/mol. The summed E-state index contributed by atoms with van der Waals surface area (Å²) >= 11 is 6.28. The Balaban J connectivity index is 1.40. The number of hydrogen-bond acceptors (Lipinski definition) is 5. The highest BCUT2D eigenvalue weighted by molar-refractivity contribution is 7.92. The Morgan fingerprint density at radius 2 is 1.89 bits per heavy atom. The number of carbonyl (C=O) groups is 1. The third-order valence-electron chi connectivity index (χ3n) is 7.91. The van der Waals surface area contributed by atoms with Crippen molar-refractivity contribution in [3.63, 3.8) is 0 Å². The van der Waals surface area contributed by atoms with Crippen LogP contribution in [0.1, 0.15) is 36.5 Å². The number of nitrogens with zero attached hydrogens (tertiary/aromatic N) is 2. The van der Waals surface area contributed by atoms with E-state index in [4.69, 9.17) is 11.6 Å². The van der Waals surface area contributed by atoms with Crippen molar-refractivity contribution in [2.45, 2.75) is 48.5 Å². The highest BCUT2D eigenvalue weighted by Gasteiger charge is 2.58. The Bertz CT molecular complexity index is 1480. The van der Waals surface area contributed by atoms with E-state index in [-0.39, 0.29) is 58.3 Å². The summed E-state index contributed by atoms with van der Waals surface area (Å²) in [5.74, 6) is -5.93. The number of rotatable bonds is 6. The van der Waals surface area contributed by atoms with Crippen LogP contribution in [-0.4, -0.2) is 40.1 Å². The van der Waals surface area contributed by atoms with E-state index < -0.39 is 44.0 Å². The van der Waals surface area contributed by atoms with Gasteiger partial charge in [0.2, 0.25) is 0 Å². The molecule has 2 aliphatic rings. The van der Waals surface area contributed by atoms with Gasteiger partial charge in [-0.15, -0.1) is 0 Å². The SMILES string of the molecule is C[C@H]1CC2CC(S(=O)(=O)c3cc(C(=O)Nc4cc(F)c(F)c(F)c4)ccc3Cl)CC1[C@@]2(O)Cn1cccn1. The van der Waals surface area contributed by atoms with Gasteiger partial charge in [-0.3, -0.25) is 9.48 Å². The molecule has 1 amide bonds. The number of aliphatic hydroxyl groups is 1. The maximum absolute atomic E-state index is 13.8. The monoisotopic (exact) mass is 567 g/mol. The summed E-state index contributed by atoms with van der Waals surface area (Å²) in [6, 6.07) is 6.67. The zero-order valence-corrected chi connectivity index (χ0v) is 21.8. The van der Waals surface area contributed by atoms with E-state index in [0.717, 1.165) is 6.07 Å². The van der Waals surface area contributed by atoms with Crippen molar-refractivity contribution in [3.05, 3.63) is 76.8 Å². The fraction of sp³-hybridized carbons (Fsp3) is 0.385. The van der Waals surface area contributed by atoms with Crippen molar-refractivity contribution in [3.8, 4) is 0 Å². The molecule has 5 atom stereocenters. The van der Waals surface area contributed by atoms with Crippen LogP contribution in [-0.2, 0) is 16.4 Å². The second-order valence-corrected chi connectivity index (χ2v) is 12.8. The molecule has 7 nitrogen and oxygen atoms in total. The van der Waals surface area contributed by atoms with Crippen LogP contribution in [0.5, 0.6) is 0 Å². The summed E-state index contributed by atoms with van der Waals surface area (Å²) in [7, 11) is -4.02. The largest absolute Gasteiger partial charge is 0.387 e. The third-order valence-corrected chi connectivity index (χ3v) is 10.6. The van der Waals surface area contributed by atoms with Gasteiger partial charge in [0.1, 0.15) is 0 Å². The lowest BCUT2D eigenvalue weighted by molar-refractivity contribution is -0.0783. The van der Waals surface area contributed by atoms with Gasteiger partial charge in [0.15, 0.2) is 27.3 Å². The van der Waals surface area contributed by atoms with Crippen LogP contribution >= 0.6 is 11.6 Å². The first-order valence-corrected chi connectivity index (χ1v) is 14.0. The molecule has 2 N–H and O–H groups in total. The van der Waals surface area contributed by atoms with Crippen molar-refractivity contribution in [2.24, 2.45) is 17.8 Å². The van der Waals surface area contributed by atoms with Gasteiger partial charge in [-0.2, -0.15) is 5.10 Å². The van der Waals surface area contributed by atoms with Crippen molar-refractivity contribution in [1.82, 2.24) is 9.78 Å². The Labute approximate surface area is 222 Å². The fourth-order valence-electron chi connectivity index (χ4n) is 6.07. The molecule has 5 rings (SSSR count). The second-order valence-electron chi connectivity index (χ2n) is 10.2. The van der Waals surface area contributed by atoms with Crippen molar-refractivity contribution in [2.75, 3.05) is 5.32 Å². The first-order valence-electron chi connectivity index (χ1n) is 12.1. The molecule has 38 heavy (non-hydrogen) atoms. The minimum absolute atomic E-state index is 0.0711. The number of carbonyl (C=O) groups excluding carboxylic acids is 1. The van der Waals surface area contributed by atoms with Crippen LogP contribution in [0.25, 0.3) is 0 Å². The number of fused-ring (bicyclic) bond motifs is 2. The molecule has 0 radical (unpaired) electrons. The molecule has 1 aromatic heterocycles. The van der Waals surface area contributed by atoms with Gasteiger partial charge in [0, 0.05) is 35.8 Å². The predicted octanol–water partition coefficient (Wildman–Crippen LogP) is 4.85. The van der Waals surface area contributed by atoms with Gasteiger partial charge in [-0.05, 0) is 61.3 Å². The molecule has 2 fully saturated rings. The van der Waals surface area contributed by atoms with E-state index in [0.29, 0.717) is 18.6 Å². The predicted molar refractivity (Wildman–Crippen MR) is 134 cm³/mol. The van der Waals surface area contributed by atoms with Gasteiger partial charge in [-0.1, -0.05) is 18.5 Å². The number of benzene rings is 2. The average Bonchev–Trinajstić information content (AvgIpc) is 3.37. The molecule has 2 bridgehead atoms. The molecular formula is C26H25ClF3N3O4S. The van der Waals surface area contributed by atoms with E-state index in [1.54, 1.807) is 23.1 Å². The minimum atomic E-state index is -4.02. The normalized spacial score (nSPS) is 26.9. The fourth-order valence-corrected chi connectivity index (χ4v) is 8.45. The summed E-state index contributed by atoms with van der Waals surface area (Å²) < 4.78 is 69.5. The molecule has 0 aliphatic heterocycles. The summed E-state index contributed by atoms with van der Waals surface area (Å²) in [5.41, 5.74) is -1.54. The zero-order chi connectivity index (χ0) is 27.4. The quantitative estimate of drug-likeness (QED) is 0.415. The molecule has 0 saturated heterocycles. The van der Waals surface area contributed by atoms with Gasteiger partial charge in [0.05, 0.1) is 27.3 Å². The van der Waals surface area contributed by atoms with E-state index >= 15 is 0 Å². The van der Waals surface area contributed by atoms with E-state index in [1.165, 1.54) is 12.1 Å². The summed E-state index contributed by atoms with van der Waals surface area (Å²) in [5, 5.41) is 17.2.